The van der Waals surface area contributed by atoms with Crippen LogP contribution in [0.25, 0.3) is 0 Å². The predicted molar refractivity (Wildman–Crippen MR) is 110 cm³/mol. The summed E-state index contributed by atoms with van der Waals surface area (Å²) in [6.45, 7) is -0.740. The number of hydrogen-bond acceptors (Lipinski definition) is 13. The first-order valence-electron chi connectivity index (χ1n) is 9.58. The molecule has 35 heavy (non-hydrogen) atoms. The minimum Gasteiger partial charge on any atom is -0.491 e. The van der Waals surface area contributed by atoms with Gasteiger partial charge in [0.25, 0.3) is 10.2 Å². The van der Waals surface area contributed by atoms with E-state index in [1.807, 2.05) is 0 Å². The smallest absolute Gasteiger partial charge is 0.344 e. The lowest BCUT2D eigenvalue weighted by atomic mass is 10.2. The van der Waals surface area contributed by atoms with Gasteiger partial charge in [0.15, 0.2) is 6.10 Å². The van der Waals surface area contributed by atoms with Crippen LogP contribution >= 0.6 is 0 Å². The third kappa shape index (κ3) is 9.21. The summed E-state index contributed by atoms with van der Waals surface area (Å²) in [5.74, 6) is -2.21. The van der Waals surface area contributed by atoms with Gasteiger partial charge in [-0.1, -0.05) is 12.1 Å². The molecule has 1 unspecified atom stereocenters. The maximum absolute atomic E-state index is 12.2. The summed E-state index contributed by atoms with van der Waals surface area (Å²) >= 11 is 0. The molecular weight excluding hydrogens is 476 g/mol. The first kappa shape index (κ1) is 26.3. The van der Waals surface area contributed by atoms with Gasteiger partial charge in [-0.25, -0.2) is 9.59 Å². The van der Waals surface area contributed by atoms with E-state index in [0.29, 0.717) is 0 Å². The number of carbonyl (C=O) groups excluding carboxylic acids is 3. The van der Waals surface area contributed by atoms with Gasteiger partial charge in [0, 0.05) is 6.92 Å². The molecule has 1 atom stereocenters. The van der Waals surface area contributed by atoms with E-state index in [2.05, 4.69) is 9.68 Å². The highest BCUT2D eigenvalue weighted by Gasteiger charge is 2.18. The summed E-state index contributed by atoms with van der Waals surface area (Å²) in [5.41, 5.74) is 0.0201. The average molecular weight is 494 g/mol. The Bertz CT molecular complexity index is 1070. The fourth-order valence-electron chi connectivity index (χ4n) is 2.43. The van der Waals surface area contributed by atoms with Crippen molar-refractivity contribution < 1.29 is 53.2 Å². The van der Waals surface area contributed by atoms with Gasteiger partial charge < -0.3 is 28.6 Å². The van der Waals surface area contributed by atoms with Gasteiger partial charge in [-0.3, -0.25) is 4.79 Å². The number of ether oxygens (including phenoxy) is 4. The Balaban J connectivity index is 1.85. The van der Waals surface area contributed by atoms with Gasteiger partial charge in [0.2, 0.25) is 6.79 Å². The molecule has 0 amide bonds. The first-order valence-corrected chi connectivity index (χ1v) is 9.58. The van der Waals surface area contributed by atoms with E-state index >= 15 is 0 Å². The number of benzene rings is 2. The minimum atomic E-state index is -1.37. The van der Waals surface area contributed by atoms with Crippen molar-refractivity contribution in [3.05, 3.63) is 79.9 Å². The van der Waals surface area contributed by atoms with Gasteiger partial charge in [0.1, 0.15) is 30.3 Å². The van der Waals surface area contributed by atoms with Crippen LogP contribution in [-0.4, -0.2) is 54.2 Å². The topological polar surface area (TPSA) is 193 Å². The second kappa shape index (κ2) is 12.9. The fraction of sp³-hybridized carbons (Fsp3) is 0.250. The average Bonchev–Trinajstić information content (AvgIpc) is 2.80. The van der Waals surface area contributed by atoms with E-state index in [0.717, 1.165) is 0 Å². The number of carbonyl (C=O) groups is 3. The Hall–Kier alpha value is -4.95. The summed E-state index contributed by atoms with van der Waals surface area (Å²) < 4.78 is 19.9. The van der Waals surface area contributed by atoms with Gasteiger partial charge in [-0.15, -0.1) is 20.2 Å². The van der Waals surface area contributed by atoms with Crippen molar-refractivity contribution in [3.8, 4) is 11.5 Å². The molecular formula is C20H18N2O13. The van der Waals surface area contributed by atoms with Crippen molar-refractivity contribution in [2.45, 2.75) is 13.0 Å². The van der Waals surface area contributed by atoms with E-state index in [4.69, 9.17) is 18.9 Å². The Labute approximate surface area is 196 Å². The van der Waals surface area contributed by atoms with Crippen LogP contribution in [0, 0.1) is 20.2 Å². The molecule has 0 radical (unpaired) electrons. The second-order valence-corrected chi connectivity index (χ2v) is 6.38. The van der Waals surface area contributed by atoms with Crippen LogP contribution in [0.4, 0.5) is 0 Å². The second-order valence-electron chi connectivity index (χ2n) is 6.38. The van der Waals surface area contributed by atoms with Gasteiger partial charge >= 0.3 is 17.9 Å². The Morgan fingerprint density at radius 3 is 2.17 bits per heavy atom. The molecule has 0 spiro atoms. The van der Waals surface area contributed by atoms with E-state index in [-0.39, 0.29) is 22.6 Å². The molecule has 0 saturated heterocycles. The van der Waals surface area contributed by atoms with Crippen molar-refractivity contribution in [3.63, 3.8) is 0 Å². The van der Waals surface area contributed by atoms with Crippen LogP contribution in [0.3, 0.4) is 0 Å². The third-order valence-electron chi connectivity index (χ3n) is 3.87. The summed E-state index contributed by atoms with van der Waals surface area (Å²) in [6.07, 6.45) is -1.37. The van der Waals surface area contributed by atoms with Crippen molar-refractivity contribution in [2.24, 2.45) is 0 Å². The lowest BCUT2D eigenvalue weighted by Crippen LogP contribution is -2.30. The van der Waals surface area contributed by atoms with Crippen LogP contribution in [0.1, 0.15) is 27.6 Å². The normalized spacial score (nSPS) is 10.9. The highest BCUT2D eigenvalue weighted by Crippen LogP contribution is 2.19. The molecule has 0 heterocycles. The lowest BCUT2D eigenvalue weighted by molar-refractivity contribution is -0.790. The number of esters is 3. The molecule has 0 aliphatic rings. The number of hydrogen-bond donors (Lipinski definition) is 0. The quantitative estimate of drug-likeness (QED) is 0.129. The summed E-state index contributed by atoms with van der Waals surface area (Å²) in [6, 6.07) is 11.1. The SMILES string of the molecule is CC(=O)Oc1ccccc1C(=O)OCOC(=O)c1ccc(OCC(CO[N+](=O)[O-])O[N+](=O)[O-])cc1. The largest absolute Gasteiger partial charge is 0.491 e. The maximum atomic E-state index is 12.2. The summed E-state index contributed by atoms with van der Waals surface area (Å²) in [4.78, 5) is 64.4. The molecule has 0 fully saturated rings. The van der Waals surface area contributed by atoms with E-state index in [1.54, 1.807) is 6.07 Å². The molecule has 0 aliphatic heterocycles. The number of nitrogens with zero attached hydrogens (tertiary/aromatic N) is 2. The van der Waals surface area contributed by atoms with Crippen LogP contribution in [0.5, 0.6) is 11.5 Å². The Morgan fingerprint density at radius 1 is 0.886 bits per heavy atom. The van der Waals surface area contributed by atoms with Crippen molar-refractivity contribution in [1.29, 1.82) is 0 Å². The number of para-hydroxylation sites is 1. The molecule has 2 aromatic rings. The van der Waals surface area contributed by atoms with E-state index < -0.39 is 54.2 Å². The third-order valence-corrected chi connectivity index (χ3v) is 3.87. The molecule has 15 nitrogen and oxygen atoms in total. The lowest BCUT2D eigenvalue weighted by Gasteiger charge is -2.14. The molecule has 15 heteroatoms. The van der Waals surface area contributed by atoms with Crippen LogP contribution in [0.2, 0.25) is 0 Å². The number of rotatable bonds is 13. The van der Waals surface area contributed by atoms with Crippen molar-refractivity contribution >= 4 is 17.9 Å². The Morgan fingerprint density at radius 2 is 1.54 bits per heavy atom. The molecule has 186 valence electrons. The Kier molecular flexibility index (Phi) is 9.71. The highest BCUT2D eigenvalue weighted by molar-refractivity contribution is 5.93. The molecule has 2 rings (SSSR count). The van der Waals surface area contributed by atoms with Gasteiger partial charge in [-0.05, 0) is 36.4 Å². The van der Waals surface area contributed by atoms with Gasteiger partial charge in [-0.2, -0.15) is 0 Å². The van der Waals surface area contributed by atoms with Crippen LogP contribution in [0.15, 0.2) is 48.5 Å². The molecule has 0 aliphatic carbocycles. The van der Waals surface area contributed by atoms with Crippen molar-refractivity contribution in [1.82, 2.24) is 0 Å². The monoisotopic (exact) mass is 494 g/mol. The van der Waals surface area contributed by atoms with Crippen LogP contribution in [-0.2, 0) is 23.9 Å². The zero-order chi connectivity index (χ0) is 25.8. The summed E-state index contributed by atoms with van der Waals surface area (Å²) in [7, 11) is 0. The van der Waals surface area contributed by atoms with Gasteiger partial charge in [0.05, 0.1) is 5.56 Å². The predicted octanol–water partition coefficient (Wildman–Crippen LogP) is 1.75. The van der Waals surface area contributed by atoms with E-state index in [1.165, 1.54) is 49.4 Å². The molecule has 0 bridgehead atoms. The van der Waals surface area contributed by atoms with Crippen molar-refractivity contribution in [2.75, 3.05) is 20.0 Å². The molecule has 2 aromatic carbocycles. The zero-order valence-corrected chi connectivity index (χ0v) is 18.0. The molecule has 0 N–H and O–H groups in total. The molecule has 0 aromatic heterocycles. The van der Waals surface area contributed by atoms with E-state index in [9.17, 15) is 34.6 Å². The zero-order valence-electron chi connectivity index (χ0n) is 18.0. The summed E-state index contributed by atoms with van der Waals surface area (Å²) in [5, 5.41) is 18.4. The first-order chi connectivity index (χ1) is 16.7. The standard InChI is InChI=1S/C20H18N2O13/c1-13(23)34-18-5-3-2-4-17(18)20(25)32-12-31-19(24)14-6-8-15(9-7-14)30-10-16(35-22(28)29)11-33-21(26)27/h2-9,16H,10-12H2,1H3. The minimum absolute atomic E-state index is 0.0114. The fourth-order valence-corrected chi connectivity index (χ4v) is 2.43. The van der Waals surface area contributed by atoms with Crippen LogP contribution < -0.4 is 9.47 Å². The highest BCUT2D eigenvalue weighted by atomic mass is 17.0. The molecule has 0 saturated carbocycles. The maximum Gasteiger partial charge on any atom is 0.344 e.